The van der Waals surface area contributed by atoms with E-state index in [1.165, 1.54) is 0 Å². The maximum absolute atomic E-state index is 11.9. The highest BCUT2D eigenvalue weighted by Gasteiger charge is 2.18. The van der Waals surface area contributed by atoms with E-state index in [0.29, 0.717) is 17.1 Å². The van der Waals surface area contributed by atoms with Crippen LogP contribution in [-0.2, 0) is 11.2 Å². The first-order valence-electron chi connectivity index (χ1n) is 7.19. The average Bonchev–Trinajstić information content (AvgIpc) is 2.53. The van der Waals surface area contributed by atoms with Crippen LogP contribution in [0.4, 0.5) is 10.5 Å². The number of hydrogen-bond acceptors (Lipinski definition) is 2. The Labute approximate surface area is 139 Å². The van der Waals surface area contributed by atoms with Crippen molar-refractivity contribution in [3.8, 4) is 0 Å². The summed E-state index contributed by atoms with van der Waals surface area (Å²) in [4.78, 5) is 23.5. The Balaban J connectivity index is 1.91. The van der Waals surface area contributed by atoms with Gasteiger partial charge in [-0.3, -0.25) is 4.79 Å². The predicted octanol–water partition coefficient (Wildman–Crippen LogP) is 2.81. The highest BCUT2D eigenvalue weighted by atomic mass is 35.5. The number of carbonyl (C=O) groups is 2. The lowest BCUT2D eigenvalue weighted by Gasteiger charge is -2.15. The van der Waals surface area contributed by atoms with Crippen LogP contribution in [0.5, 0.6) is 0 Å². The zero-order valence-electron chi connectivity index (χ0n) is 12.5. The van der Waals surface area contributed by atoms with E-state index in [4.69, 9.17) is 17.3 Å². The SMILES string of the molecule is NC(=O)[C@@H](CNC(=O)Nc1ccccc1)Cc1ccccc1Cl. The summed E-state index contributed by atoms with van der Waals surface area (Å²) in [6.45, 7) is 0.138. The lowest BCUT2D eigenvalue weighted by atomic mass is 9.98. The molecule has 0 unspecified atom stereocenters. The van der Waals surface area contributed by atoms with Crippen LogP contribution in [-0.4, -0.2) is 18.5 Å². The lowest BCUT2D eigenvalue weighted by Crippen LogP contribution is -2.39. The minimum atomic E-state index is -0.531. The Hall–Kier alpha value is -2.53. The van der Waals surface area contributed by atoms with Gasteiger partial charge in [0.25, 0.3) is 0 Å². The molecule has 2 aromatic rings. The molecule has 0 aliphatic rings. The number of halogens is 1. The number of amides is 3. The van der Waals surface area contributed by atoms with Crippen LogP contribution >= 0.6 is 11.6 Å². The molecule has 5 nitrogen and oxygen atoms in total. The summed E-state index contributed by atoms with van der Waals surface area (Å²) in [5.41, 5.74) is 6.92. The summed E-state index contributed by atoms with van der Waals surface area (Å²) in [6.07, 6.45) is 0.376. The Morgan fingerprint density at radius 3 is 2.35 bits per heavy atom. The van der Waals surface area contributed by atoms with E-state index in [-0.39, 0.29) is 12.6 Å². The number of hydrogen-bond donors (Lipinski definition) is 3. The molecule has 0 saturated heterocycles. The van der Waals surface area contributed by atoms with Gasteiger partial charge in [0.05, 0.1) is 5.92 Å². The van der Waals surface area contributed by atoms with E-state index in [1.54, 1.807) is 18.2 Å². The van der Waals surface area contributed by atoms with Crippen LogP contribution in [0, 0.1) is 5.92 Å². The molecule has 1 atom stereocenters. The molecule has 120 valence electrons. The van der Waals surface area contributed by atoms with Crippen molar-refractivity contribution < 1.29 is 9.59 Å². The predicted molar refractivity (Wildman–Crippen MR) is 91.3 cm³/mol. The van der Waals surface area contributed by atoms with E-state index in [0.717, 1.165) is 5.56 Å². The van der Waals surface area contributed by atoms with Gasteiger partial charge in [0.2, 0.25) is 5.91 Å². The molecule has 4 N–H and O–H groups in total. The number of urea groups is 1. The average molecular weight is 332 g/mol. The number of nitrogens with two attached hydrogens (primary N) is 1. The number of para-hydroxylation sites is 1. The smallest absolute Gasteiger partial charge is 0.319 e. The van der Waals surface area contributed by atoms with E-state index >= 15 is 0 Å². The van der Waals surface area contributed by atoms with Crippen LogP contribution in [0.25, 0.3) is 0 Å². The molecule has 0 heterocycles. The van der Waals surface area contributed by atoms with Gasteiger partial charge in [0, 0.05) is 17.3 Å². The standard InChI is InChI=1S/C17H18ClN3O2/c18-15-9-5-4-6-12(15)10-13(16(19)22)11-20-17(23)21-14-7-2-1-3-8-14/h1-9,13H,10-11H2,(H2,19,22)(H2,20,21,23)/t13-/m1/s1. The molecular weight excluding hydrogens is 314 g/mol. The van der Waals surface area contributed by atoms with Gasteiger partial charge in [-0.05, 0) is 30.2 Å². The molecule has 23 heavy (non-hydrogen) atoms. The maximum atomic E-state index is 11.9. The normalized spacial score (nSPS) is 11.5. The lowest BCUT2D eigenvalue weighted by molar-refractivity contribution is -0.121. The maximum Gasteiger partial charge on any atom is 0.319 e. The summed E-state index contributed by atoms with van der Waals surface area (Å²) in [5.74, 6) is -1.01. The van der Waals surface area contributed by atoms with Crippen molar-refractivity contribution in [1.29, 1.82) is 0 Å². The molecule has 0 aliphatic heterocycles. The van der Waals surface area contributed by atoms with E-state index in [2.05, 4.69) is 10.6 Å². The Kier molecular flexibility index (Phi) is 6.00. The first kappa shape index (κ1) is 16.8. The van der Waals surface area contributed by atoms with Crippen molar-refractivity contribution in [3.05, 3.63) is 65.2 Å². The third kappa shape index (κ3) is 5.30. The molecule has 0 bridgehead atoms. The molecular formula is C17H18ClN3O2. The zero-order valence-corrected chi connectivity index (χ0v) is 13.2. The number of carbonyl (C=O) groups excluding carboxylic acids is 2. The Morgan fingerprint density at radius 1 is 1.04 bits per heavy atom. The Bertz CT molecular complexity index is 677. The van der Waals surface area contributed by atoms with Gasteiger partial charge in [-0.15, -0.1) is 0 Å². The summed E-state index contributed by atoms with van der Waals surface area (Å²) in [6, 6.07) is 15.9. The van der Waals surface area contributed by atoms with Crippen molar-refractivity contribution in [2.45, 2.75) is 6.42 Å². The fraction of sp³-hybridized carbons (Fsp3) is 0.176. The topological polar surface area (TPSA) is 84.2 Å². The van der Waals surface area contributed by atoms with Crippen LogP contribution in [0.2, 0.25) is 5.02 Å². The van der Waals surface area contributed by atoms with Crippen LogP contribution in [0.15, 0.2) is 54.6 Å². The third-order valence-corrected chi connectivity index (χ3v) is 3.74. The van der Waals surface area contributed by atoms with Crippen LogP contribution < -0.4 is 16.4 Å². The van der Waals surface area contributed by atoms with Crippen molar-refractivity contribution >= 4 is 29.2 Å². The fourth-order valence-electron chi connectivity index (χ4n) is 2.12. The fourth-order valence-corrected chi connectivity index (χ4v) is 2.33. The van der Waals surface area contributed by atoms with Gasteiger partial charge in [-0.2, -0.15) is 0 Å². The molecule has 0 aromatic heterocycles. The molecule has 2 aromatic carbocycles. The minimum absolute atomic E-state index is 0.138. The van der Waals surface area contributed by atoms with Crippen molar-refractivity contribution in [2.24, 2.45) is 11.7 Å². The molecule has 3 amide bonds. The highest BCUT2D eigenvalue weighted by molar-refractivity contribution is 6.31. The van der Waals surface area contributed by atoms with Crippen LogP contribution in [0.3, 0.4) is 0 Å². The van der Waals surface area contributed by atoms with Gasteiger partial charge < -0.3 is 16.4 Å². The summed E-state index contributed by atoms with van der Waals surface area (Å²) in [7, 11) is 0. The highest BCUT2D eigenvalue weighted by Crippen LogP contribution is 2.18. The Morgan fingerprint density at radius 2 is 1.70 bits per heavy atom. The first-order chi connectivity index (χ1) is 11.1. The largest absolute Gasteiger partial charge is 0.369 e. The second-order valence-corrected chi connectivity index (χ2v) is 5.50. The van der Waals surface area contributed by atoms with E-state index in [1.807, 2.05) is 36.4 Å². The molecule has 0 spiro atoms. The quantitative estimate of drug-likeness (QED) is 0.760. The minimum Gasteiger partial charge on any atom is -0.369 e. The van der Waals surface area contributed by atoms with E-state index in [9.17, 15) is 9.59 Å². The number of anilines is 1. The summed E-state index contributed by atoms with van der Waals surface area (Å²) >= 11 is 6.09. The monoisotopic (exact) mass is 331 g/mol. The summed E-state index contributed by atoms with van der Waals surface area (Å²) in [5, 5.41) is 5.92. The number of primary amides is 1. The van der Waals surface area contributed by atoms with Gasteiger partial charge in [-0.25, -0.2) is 4.79 Å². The molecule has 0 radical (unpaired) electrons. The number of benzene rings is 2. The first-order valence-corrected chi connectivity index (χ1v) is 7.56. The van der Waals surface area contributed by atoms with Crippen molar-refractivity contribution in [3.63, 3.8) is 0 Å². The molecule has 2 rings (SSSR count). The van der Waals surface area contributed by atoms with E-state index < -0.39 is 11.8 Å². The van der Waals surface area contributed by atoms with Gasteiger partial charge in [0.1, 0.15) is 0 Å². The van der Waals surface area contributed by atoms with Gasteiger partial charge in [-0.1, -0.05) is 48.0 Å². The molecule has 6 heteroatoms. The molecule has 0 fully saturated rings. The second-order valence-electron chi connectivity index (χ2n) is 5.10. The van der Waals surface area contributed by atoms with Crippen molar-refractivity contribution in [2.75, 3.05) is 11.9 Å². The van der Waals surface area contributed by atoms with Crippen molar-refractivity contribution in [1.82, 2.24) is 5.32 Å². The molecule has 0 aliphatic carbocycles. The zero-order chi connectivity index (χ0) is 16.7. The van der Waals surface area contributed by atoms with Gasteiger partial charge in [0.15, 0.2) is 0 Å². The number of rotatable bonds is 6. The number of nitrogens with one attached hydrogen (secondary N) is 2. The third-order valence-electron chi connectivity index (χ3n) is 3.37. The van der Waals surface area contributed by atoms with Crippen LogP contribution in [0.1, 0.15) is 5.56 Å². The summed E-state index contributed by atoms with van der Waals surface area (Å²) < 4.78 is 0. The van der Waals surface area contributed by atoms with Gasteiger partial charge >= 0.3 is 6.03 Å². The second kappa shape index (κ2) is 8.19. The molecule has 0 saturated carbocycles.